The van der Waals surface area contributed by atoms with Gasteiger partial charge in [0.25, 0.3) is 5.91 Å². The van der Waals surface area contributed by atoms with E-state index in [0.717, 1.165) is 48.6 Å². The van der Waals surface area contributed by atoms with Crippen LogP contribution in [0.1, 0.15) is 35.1 Å². The maximum absolute atomic E-state index is 12.5. The monoisotopic (exact) mass is 309 g/mol. The maximum atomic E-state index is 12.5. The zero-order chi connectivity index (χ0) is 15.8. The summed E-state index contributed by atoms with van der Waals surface area (Å²) in [4.78, 5) is 19.1. The van der Waals surface area contributed by atoms with E-state index in [1.807, 2.05) is 59.1 Å². The Morgan fingerprint density at radius 2 is 1.96 bits per heavy atom. The van der Waals surface area contributed by atoms with E-state index in [2.05, 4.69) is 4.98 Å². The number of aryl methyl sites for hydroxylation is 1. The number of carbonyl (C=O) groups excluding carboxylic acids is 1. The van der Waals surface area contributed by atoms with Crippen LogP contribution in [0.2, 0.25) is 0 Å². The molecule has 0 bridgehead atoms. The van der Waals surface area contributed by atoms with Gasteiger partial charge in [0, 0.05) is 32.3 Å². The number of carbonyl (C=O) groups is 1. The molecule has 118 valence electrons. The molecule has 1 saturated heterocycles. The Morgan fingerprint density at radius 3 is 2.65 bits per heavy atom. The second-order valence-corrected chi connectivity index (χ2v) is 6.09. The third kappa shape index (κ3) is 2.52. The lowest BCUT2D eigenvalue weighted by Gasteiger charge is -2.30. The third-order valence-corrected chi connectivity index (χ3v) is 4.60. The fourth-order valence-corrected chi connectivity index (χ4v) is 3.24. The number of benzene rings is 1. The number of hydrogen-bond acceptors (Lipinski definition) is 3. The van der Waals surface area contributed by atoms with Crippen LogP contribution in [0.3, 0.4) is 0 Å². The summed E-state index contributed by atoms with van der Waals surface area (Å²) in [5.74, 6) is 1.20. The van der Waals surface area contributed by atoms with Crippen molar-refractivity contribution in [3.8, 4) is 0 Å². The number of rotatable bonds is 2. The van der Waals surface area contributed by atoms with Crippen molar-refractivity contribution < 1.29 is 9.21 Å². The zero-order valence-electron chi connectivity index (χ0n) is 13.1. The first-order valence-electron chi connectivity index (χ1n) is 7.98. The number of oxazole rings is 1. The molecule has 0 radical (unpaired) electrons. The van der Waals surface area contributed by atoms with Crippen LogP contribution in [0, 0.1) is 0 Å². The van der Waals surface area contributed by atoms with E-state index in [1.54, 1.807) is 0 Å². The molecule has 4 rings (SSSR count). The molecule has 1 aliphatic heterocycles. The second kappa shape index (κ2) is 5.57. The molecular weight excluding hydrogens is 290 g/mol. The molecule has 1 aliphatic rings. The molecule has 5 nitrogen and oxygen atoms in total. The molecule has 0 N–H and O–H groups in total. The van der Waals surface area contributed by atoms with Crippen LogP contribution in [0.25, 0.3) is 11.1 Å². The lowest BCUT2D eigenvalue weighted by Crippen LogP contribution is -2.38. The highest BCUT2D eigenvalue weighted by molar-refractivity contribution is 5.92. The topological polar surface area (TPSA) is 51.3 Å². The summed E-state index contributed by atoms with van der Waals surface area (Å²) in [7, 11) is 1.90. The highest BCUT2D eigenvalue weighted by Gasteiger charge is 2.28. The molecule has 0 aliphatic carbocycles. The van der Waals surface area contributed by atoms with Gasteiger partial charge in [0.05, 0.1) is 0 Å². The third-order valence-electron chi connectivity index (χ3n) is 4.60. The number of likely N-dealkylation sites (tertiary alicyclic amines) is 1. The van der Waals surface area contributed by atoms with Gasteiger partial charge in [0.2, 0.25) is 0 Å². The highest BCUT2D eigenvalue weighted by Crippen LogP contribution is 2.30. The van der Waals surface area contributed by atoms with Gasteiger partial charge in [0.15, 0.2) is 11.5 Å². The zero-order valence-corrected chi connectivity index (χ0v) is 13.1. The molecular formula is C18H19N3O2. The fourth-order valence-electron chi connectivity index (χ4n) is 3.24. The predicted octanol–water partition coefficient (Wildman–Crippen LogP) is 3.19. The maximum Gasteiger partial charge on any atom is 0.270 e. The minimum absolute atomic E-state index is 0.105. The van der Waals surface area contributed by atoms with Crippen molar-refractivity contribution >= 4 is 17.0 Å². The van der Waals surface area contributed by atoms with Crippen LogP contribution < -0.4 is 0 Å². The summed E-state index contributed by atoms with van der Waals surface area (Å²) in [6.07, 6.45) is 3.68. The smallest absolute Gasteiger partial charge is 0.270 e. The molecule has 0 saturated carbocycles. The van der Waals surface area contributed by atoms with E-state index in [0.29, 0.717) is 5.92 Å². The number of para-hydroxylation sites is 2. The van der Waals surface area contributed by atoms with E-state index in [9.17, 15) is 4.79 Å². The van der Waals surface area contributed by atoms with Gasteiger partial charge in [-0.3, -0.25) is 4.79 Å². The predicted molar refractivity (Wildman–Crippen MR) is 87.3 cm³/mol. The van der Waals surface area contributed by atoms with E-state index in [4.69, 9.17) is 4.42 Å². The van der Waals surface area contributed by atoms with Gasteiger partial charge in [-0.2, -0.15) is 0 Å². The molecule has 0 spiro atoms. The summed E-state index contributed by atoms with van der Waals surface area (Å²) in [5.41, 5.74) is 2.49. The SMILES string of the molecule is Cn1cccc1C(=O)N1CCC(c2nc3ccccc3o2)CC1. The summed E-state index contributed by atoms with van der Waals surface area (Å²) >= 11 is 0. The van der Waals surface area contributed by atoms with Crippen LogP contribution in [0.4, 0.5) is 0 Å². The normalized spacial score (nSPS) is 16.1. The summed E-state index contributed by atoms with van der Waals surface area (Å²) in [6, 6.07) is 11.6. The Labute approximate surface area is 134 Å². The molecule has 0 atom stereocenters. The molecule has 23 heavy (non-hydrogen) atoms. The Hall–Kier alpha value is -2.56. The minimum Gasteiger partial charge on any atom is -0.440 e. The number of piperidine rings is 1. The van der Waals surface area contributed by atoms with Crippen LogP contribution in [0.15, 0.2) is 47.0 Å². The van der Waals surface area contributed by atoms with Crippen molar-refractivity contribution in [3.05, 3.63) is 54.2 Å². The van der Waals surface area contributed by atoms with Crippen LogP contribution in [0.5, 0.6) is 0 Å². The summed E-state index contributed by atoms with van der Waals surface area (Å²) < 4.78 is 7.75. The van der Waals surface area contributed by atoms with Crippen molar-refractivity contribution in [2.24, 2.45) is 7.05 Å². The number of fused-ring (bicyclic) bond motifs is 1. The molecule has 1 fully saturated rings. The van der Waals surface area contributed by atoms with E-state index >= 15 is 0 Å². The van der Waals surface area contributed by atoms with Gasteiger partial charge in [-0.05, 0) is 37.1 Å². The first kappa shape index (κ1) is 14.1. The number of aromatic nitrogens is 2. The molecule has 1 amide bonds. The van der Waals surface area contributed by atoms with E-state index in [1.165, 1.54) is 0 Å². The largest absolute Gasteiger partial charge is 0.440 e. The molecule has 2 aromatic heterocycles. The van der Waals surface area contributed by atoms with E-state index in [-0.39, 0.29) is 5.91 Å². The number of amides is 1. The average Bonchev–Trinajstić information content (AvgIpc) is 3.20. The van der Waals surface area contributed by atoms with Gasteiger partial charge >= 0.3 is 0 Å². The van der Waals surface area contributed by atoms with Crippen LogP contribution in [-0.4, -0.2) is 33.4 Å². The van der Waals surface area contributed by atoms with Gasteiger partial charge in [-0.15, -0.1) is 0 Å². The summed E-state index contributed by atoms with van der Waals surface area (Å²) in [5, 5.41) is 0. The standard InChI is InChI=1S/C18H19N3O2/c1-20-10-4-6-15(20)18(22)21-11-8-13(9-12-21)17-19-14-5-2-3-7-16(14)23-17/h2-7,10,13H,8-9,11-12H2,1H3. The lowest BCUT2D eigenvalue weighted by atomic mass is 9.96. The Morgan fingerprint density at radius 1 is 1.17 bits per heavy atom. The molecule has 0 unspecified atom stereocenters. The van der Waals surface area contributed by atoms with E-state index < -0.39 is 0 Å². The van der Waals surface area contributed by atoms with Crippen molar-refractivity contribution in [1.82, 2.24) is 14.5 Å². The highest BCUT2D eigenvalue weighted by atomic mass is 16.3. The first-order chi connectivity index (χ1) is 11.2. The Balaban J connectivity index is 1.46. The summed E-state index contributed by atoms with van der Waals surface area (Å²) in [6.45, 7) is 1.49. The van der Waals surface area contributed by atoms with Crippen molar-refractivity contribution in [2.45, 2.75) is 18.8 Å². The van der Waals surface area contributed by atoms with Crippen LogP contribution in [-0.2, 0) is 7.05 Å². The number of nitrogens with zero attached hydrogens (tertiary/aromatic N) is 3. The molecule has 3 aromatic rings. The van der Waals surface area contributed by atoms with Crippen molar-refractivity contribution in [3.63, 3.8) is 0 Å². The van der Waals surface area contributed by atoms with Gasteiger partial charge in [-0.1, -0.05) is 12.1 Å². The quantitative estimate of drug-likeness (QED) is 0.730. The van der Waals surface area contributed by atoms with Crippen molar-refractivity contribution in [1.29, 1.82) is 0 Å². The second-order valence-electron chi connectivity index (χ2n) is 6.09. The lowest BCUT2D eigenvalue weighted by molar-refractivity contribution is 0.0697. The van der Waals surface area contributed by atoms with Gasteiger partial charge in [0.1, 0.15) is 11.2 Å². The van der Waals surface area contributed by atoms with Gasteiger partial charge < -0.3 is 13.9 Å². The Kier molecular flexibility index (Phi) is 3.41. The number of hydrogen-bond donors (Lipinski definition) is 0. The van der Waals surface area contributed by atoms with Crippen molar-refractivity contribution in [2.75, 3.05) is 13.1 Å². The first-order valence-corrected chi connectivity index (χ1v) is 7.98. The van der Waals surface area contributed by atoms with Gasteiger partial charge in [-0.25, -0.2) is 4.98 Å². The minimum atomic E-state index is 0.105. The van der Waals surface area contributed by atoms with Crippen LogP contribution >= 0.6 is 0 Å². The average molecular weight is 309 g/mol. The molecule has 3 heterocycles. The molecule has 5 heteroatoms. The Bertz CT molecular complexity index is 808. The fraction of sp³-hybridized carbons (Fsp3) is 0.333. The molecule has 1 aromatic carbocycles.